The molecule has 0 aromatic heterocycles. The largest absolute Gasteiger partial charge is 0.472 e. The van der Waals surface area contributed by atoms with Crippen molar-refractivity contribution in [1.82, 2.24) is 0 Å². The van der Waals surface area contributed by atoms with Crippen LogP contribution in [-0.4, -0.2) is 96.7 Å². The lowest BCUT2D eigenvalue weighted by atomic mass is 9.99. The number of aliphatic hydroxyl groups is 1. The van der Waals surface area contributed by atoms with Crippen LogP contribution in [0.3, 0.4) is 0 Å². The minimum Gasteiger partial charge on any atom is -0.462 e. The van der Waals surface area contributed by atoms with Gasteiger partial charge in [0.15, 0.2) is 12.2 Å². The zero-order chi connectivity index (χ0) is 63.1. The van der Waals surface area contributed by atoms with Crippen LogP contribution in [0.25, 0.3) is 0 Å². The van der Waals surface area contributed by atoms with Crippen LogP contribution >= 0.6 is 15.6 Å². The highest BCUT2D eigenvalue weighted by atomic mass is 31.2. The molecule has 0 radical (unpaired) electrons. The van der Waals surface area contributed by atoms with E-state index in [-0.39, 0.29) is 25.7 Å². The number of esters is 4. The van der Waals surface area contributed by atoms with Crippen molar-refractivity contribution in [2.75, 3.05) is 39.6 Å². The summed E-state index contributed by atoms with van der Waals surface area (Å²) in [6.07, 6.45) is 39.4. The zero-order valence-corrected chi connectivity index (χ0v) is 56.9. The van der Waals surface area contributed by atoms with E-state index < -0.39 is 97.5 Å². The van der Waals surface area contributed by atoms with Crippen LogP contribution in [-0.2, 0) is 65.4 Å². The Morgan fingerprint density at radius 3 is 0.894 bits per heavy atom. The molecule has 0 heterocycles. The van der Waals surface area contributed by atoms with Gasteiger partial charge in [0, 0.05) is 25.7 Å². The van der Waals surface area contributed by atoms with E-state index in [4.69, 9.17) is 37.0 Å². The van der Waals surface area contributed by atoms with Gasteiger partial charge in [0.05, 0.1) is 26.4 Å². The van der Waals surface area contributed by atoms with Crippen molar-refractivity contribution in [3.63, 3.8) is 0 Å². The smallest absolute Gasteiger partial charge is 0.462 e. The van der Waals surface area contributed by atoms with Crippen molar-refractivity contribution in [1.29, 1.82) is 0 Å². The number of carbonyl (C=O) groups is 4. The number of phosphoric acid groups is 2. The molecule has 0 fully saturated rings. The van der Waals surface area contributed by atoms with Gasteiger partial charge in [-0.1, -0.05) is 273 Å². The van der Waals surface area contributed by atoms with Crippen molar-refractivity contribution < 1.29 is 80.2 Å². The van der Waals surface area contributed by atoms with Gasteiger partial charge in [0.2, 0.25) is 0 Å². The number of hydrogen-bond acceptors (Lipinski definition) is 15. The van der Waals surface area contributed by atoms with E-state index in [2.05, 4.69) is 48.5 Å². The van der Waals surface area contributed by atoms with Gasteiger partial charge in [0.1, 0.15) is 19.3 Å². The van der Waals surface area contributed by atoms with E-state index in [1.807, 2.05) is 0 Å². The normalized spacial score (nSPS) is 14.6. The Kier molecular flexibility index (Phi) is 55.9. The molecule has 0 saturated heterocycles. The molecular weight excluding hydrogens is 1130 g/mol. The third kappa shape index (κ3) is 59.5. The molecule has 17 nitrogen and oxygen atoms in total. The molecule has 6 atom stereocenters. The Morgan fingerprint density at radius 1 is 0.341 bits per heavy atom. The molecule has 85 heavy (non-hydrogen) atoms. The van der Waals surface area contributed by atoms with Gasteiger partial charge in [-0.25, -0.2) is 9.13 Å². The number of unbranched alkanes of at least 4 members (excludes halogenated alkanes) is 31. The highest BCUT2D eigenvalue weighted by Gasteiger charge is 2.30. The Hall–Kier alpha value is -1.94. The van der Waals surface area contributed by atoms with Crippen molar-refractivity contribution >= 4 is 39.5 Å². The fourth-order valence-corrected chi connectivity index (χ4v) is 11.4. The van der Waals surface area contributed by atoms with Crippen LogP contribution in [0.15, 0.2) is 0 Å². The van der Waals surface area contributed by atoms with Gasteiger partial charge in [-0.05, 0) is 43.4 Å². The first-order chi connectivity index (χ1) is 40.8. The van der Waals surface area contributed by atoms with Crippen LogP contribution in [0.4, 0.5) is 0 Å². The second kappa shape index (κ2) is 57.2. The Morgan fingerprint density at radius 2 is 0.600 bits per heavy atom. The summed E-state index contributed by atoms with van der Waals surface area (Å²) in [6, 6.07) is 0. The summed E-state index contributed by atoms with van der Waals surface area (Å²) in [6.45, 7) is 11.7. The van der Waals surface area contributed by atoms with Gasteiger partial charge >= 0.3 is 39.5 Å². The molecule has 0 amide bonds. The molecule has 3 N–H and O–H groups in total. The summed E-state index contributed by atoms with van der Waals surface area (Å²) in [5.74, 6) is 0.146. The third-order valence-electron chi connectivity index (χ3n) is 15.5. The third-order valence-corrected chi connectivity index (χ3v) is 17.4. The molecule has 0 saturated carbocycles. The lowest BCUT2D eigenvalue weighted by molar-refractivity contribution is -0.161. The van der Waals surface area contributed by atoms with Gasteiger partial charge < -0.3 is 33.8 Å². The van der Waals surface area contributed by atoms with Gasteiger partial charge in [-0.2, -0.15) is 0 Å². The summed E-state index contributed by atoms with van der Waals surface area (Å²) in [5.41, 5.74) is 0. The Balaban J connectivity index is 5.15. The molecule has 3 unspecified atom stereocenters. The molecule has 0 bridgehead atoms. The molecule has 19 heteroatoms. The fraction of sp³-hybridized carbons (Fsp3) is 0.939. The zero-order valence-electron chi connectivity index (χ0n) is 55.1. The predicted molar refractivity (Wildman–Crippen MR) is 340 cm³/mol. The first-order valence-electron chi connectivity index (χ1n) is 34.4. The predicted octanol–water partition coefficient (Wildman–Crippen LogP) is 18.3. The van der Waals surface area contributed by atoms with E-state index >= 15 is 0 Å². The van der Waals surface area contributed by atoms with E-state index in [0.717, 1.165) is 114 Å². The maximum atomic E-state index is 13.0. The van der Waals surface area contributed by atoms with Crippen molar-refractivity contribution in [3.8, 4) is 0 Å². The first kappa shape index (κ1) is 83.1. The van der Waals surface area contributed by atoms with Crippen LogP contribution < -0.4 is 0 Å². The standard InChI is InChI=1S/C66H128O17P2/c1-8-10-11-30-40-47-63(68)76-53-61(82-66(71)50-43-36-29-23-21-25-32-38-45-58(5)6)55-80-84(72,73)78-51-60(67)52-79-85(74,75)81-56-62(54-77-64(69)48-41-34-27-22-20-24-31-37-44-57(3)4)83-65(70)49-42-35-28-19-17-15-13-12-14-16-18-26-33-39-46-59(7)9-2/h57-62,67H,8-56H2,1-7H3,(H,72,73)(H,74,75)/t59?,60-,61+,62+/m0/s1. The molecular formula is C66H128O17P2. The van der Waals surface area contributed by atoms with E-state index in [0.29, 0.717) is 25.7 Å². The van der Waals surface area contributed by atoms with Gasteiger partial charge in [0.25, 0.3) is 0 Å². The van der Waals surface area contributed by atoms with E-state index in [9.17, 15) is 43.2 Å². The molecule has 504 valence electrons. The van der Waals surface area contributed by atoms with Crippen molar-refractivity contribution in [3.05, 3.63) is 0 Å². The second-order valence-electron chi connectivity index (χ2n) is 25.1. The maximum Gasteiger partial charge on any atom is 0.472 e. The molecule has 0 spiro atoms. The van der Waals surface area contributed by atoms with E-state index in [1.165, 1.54) is 128 Å². The summed E-state index contributed by atoms with van der Waals surface area (Å²) in [4.78, 5) is 72.0. The van der Waals surface area contributed by atoms with Gasteiger partial charge in [-0.3, -0.25) is 37.3 Å². The minimum atomic E-state index is -4.95. The number of carbonyl (C=O) groups excluding carboxylic acids is 4. The second-order valence-corrected chi connectivity index (χ2v) is 28.0. The highest BCUT2D eigenvalue weighted by molar-refractivity contribution is 7.47. The molecule has 0 aromatic carbocycles. The van der Waals surface area contributed by atoms with Crippen molar-refractivity contribution in [2.24, 2.45) is 17.8 Å². The summed E-state index contributed by atoms with van der Waals surface area (Å²) in [5, 5.41) is 10.5. The lowest BCUT2D eigenvalue weighted by Crippen LogP contribution is -2.30. The van der Waals surface area contributed by atoms with Crippen molar-refractivity contribution in [2.45, 2.75) is 343 Å². The summed E-state index contributed by atoms with van der Waals surface area (Å²) >= 11 is 0. The molecule has 0 aliphatic heterocycles. The van der Waals surface area contributed by atoms with Crippen LogP contribution in [0.5, 0.6) is 0 Å². The first-order valence-corrected chi connectivity index (χ1v) is 37.4. The van der Waals surface area contributed by atoms with Gasteiger partial charge in [-0.15, -0.1) is 0 Å². The average molecular weight is 1260 g/mol. The van der Waals surface area contributed by atoms with Crippen LogP contribution in [0.1, 0.15) is 325 Å². The topological polar surface area (TPSA) is 237 Å². The molecule has 0 aromatic rings. The quantitative estimate of drug-likeness (QED) is 0.0222. The summed E-state index contributed by atoms with van der Waals surface area (Å²) in [7, 11) is -9.88. The lowest BCUT2D eigenvalue weighted by Gasteiger charge is -2.21. The summed E-state index contributed by atoms with van der Waals surface area (Å²) < 4.78 is 67.9. The SMILES string of the molecule is CCCCCCCC(=O)OC[C@H](COP(=O)(O)OC[C@H](O)COP(=O)(O)OC[C@@H](COC(=O)CCCCCCCCCCC(C)C)OC(=O)CCCCCCCCCCCCCCCCC(C)CC)OC(=O)CCCCCCCCCCC(C)C. The molecule has 0 aliphatic rings. The maximum absolute atomic E-state index is 13.0. The van der Waals surface area contributed by atoms with Crippen LogP contribution in [0, 0.1) is 17.8 Å². The number of rotatable bonds is 64. The Bertz CT molecular complexity index is 1680. The average Bonchev–Trinajstić information content (AvgIpc) is 3.55. The number of ether oxygens (including phenoxy) is 4. The Labute approximate surface area is 517 Å². The minimum absolute atomic E-state index is 0.103. The number of phosphoric ester groups is 2. The molecule has 0 aliphatic carbocycles. The fourth-order valence-electron chi connectivity index (χ4n) is 9.80. The monoisotopic (exact) mass is 1250 g/mol. The van der Waals surface area contributed by atoms with Crippen LogP contribution in [0.2, 0.25) is 0 Å². The number of hydrogen-bond donors (Lipinski definition) is 3. The number of aliphatic hydroxyl groups excluding tert-OH is 1. The molecule has 0 rings (SSSR count). The van der Waals surface area contributed by atoms with E-state index in [1.54, 1.807) is 0 Å². The highest BCUT2D eigenvalue weighted by Crippen LogP contribution is 2.45.